The van der Waals surface area contributed by atoms with Crippen LogP contribution in [-0.4, -0.2) is 19.1 Å². The highest BCUT2D eigenvalue weighted by molar-refractivity contribution is 5.97. The van der Waals surface area contributed by atoms with E-state index in [1.165, 1.54) is 0 Å². The third-order valence-electron chi connectivity index (χ3n) is 6.53. The Labute approximate surface area is 189 Å². The lowest BCUT2D eigenvalue weighted by molar-refractivity contribution is 0.0226. The summed E-state index contributed by atoms with van der Waals surface area (Å²) >= 11 is 0. The number of fused-ring (bicyclic) bond motifs is 6. The predicted octanol–water partition coefficient (Wildman–Crippen LogP) is 6.44. The molecule has 164 valence electrons. The van der Waals surface area contributed by atoms with Gasteiger partial charge in [-0.2, -0.15) is 0 Å². The first-order chi connectivity index (χ1) is 15.5. The van der Waals surface area contributed by atoms with Crippen LogP contribution in [0.2, 0.25) is 0 Å². The van der Waals surface area contributed by atoms with Crippen molar-refractivity contribution in [1.82, 2.24) is 0 Å². The number of anilines is 1. The molecule has 0 aromatic heterocycles. The standard InChI is InChI=1S/C28H29NO3/c1-5-29(15-14-18(2)3)23-16-19(4)17-25-26(23)28(22-12-8-9-13-24(22)31-25)21-11-7-6-10-20(21)27(30)32-28/h6-13,16-18H,5,14-15H2,1-4H3. The Morgan fingerprint density at radius 1 is 0.969 bits per heavy atom. The van der Waals surface area contributed by atoms with Crippen LogP contribution in [0.4, 0.5) is 5.69 Å². The second kappa shape index (κ2) is 7.70. The van der Waals surface area contributed by atoms with Gasteiger partial charge in [0, 0.05) is 29.9 Å². The van der Waals surface area contributed by atoms with E-state index in [0.29, 0.717) is 11.5 Å². The van der Waals surface area contributed by atoms with Crippen LogP contribution < -0.4 is 9.64 Å². The summed E-state index contributed by atoms with van der Waals surface area (Å²) in [5.74, 6) is 1.79. The van der Waals surface area contributed by atoms with E-state index in [1.807, 2.05) is 48.5 Å². The quantitative estimate of drug-likeness (QED) is 0.440. The highest BCUT2D eigenvalue weighted by Gasteiger charge is 2.54. The number of hydrogen-bond donors (Lipinski definition) is 0. The predicted molar refractivity (Wildman–Crippen MR) is 127 cm³/mol. The number of benzene rings is 3. The number of esters is 1. The van der Waals surface area contributed by atoms with Crippen LogP contribution in [-0.2, 0) is 10.3 Å². The third-order valence-corrected chi connectivity index (χ3v) is 6.53. The fourth-order valence-electron chi connectivity index (χ4n) is 4.98. The van der Waals surface area contributed by atoms with Crippen molar-refractivity contribution in [1.29, 1.82) is 0 Å². The molecular weight excluding hydrogens is 398 g/mol. The summed E-state index contributed by atoms with van der Waals surface area (Å²) in [5, 5.41) is 0. The molecule has 2 aliphatic heterocycles. The van der Waals surface area contributed by atoms with E-state index < -0.39 is 5.60 Å². The van der Waals surface area contributed by atoms with E-state index in [-0.39, 0.29) is 5.97 Å². The Bertz CT molecular complexity index is 1200. The van der Waals surface area contributed by atoms with Crippen LogP contribution in [0.1, 0.15) is 59.8 Å². The van der Waals surface area contributed by atoms with Gasteiger partial charge in [-0.05, 0) is 56.0 Å². The van der Waals surface area contributed by atoms with Crippen molar-refractivity contribution >= 4 is 11.7 Å². The first-order valence-corrected chi connectivity index (χ1v) is 11.5. The van der Waals surface area contributed by atoms with Gasteiger partial charge in [0.2, 0.25) is 0 Å². The lowest BCUT2D eigenvalue weighted by atomic mass is 9.76. The van der Waals surface area contributed by atoms with Crippen LogP contribution >= 0.6 is 0 Å². The Hall–Kier alpha value is -3.27. The average Bonchev–Trinajstić information content (AvgIpc) is 3.07. The second-order valence-corrected chi connectivity index (χ2v) is 9.13. The lowest BCUT2D eigenvalue weighted by Crippen LogP contribution is -2.36. The number of carbonyl (C=O) groups is 1. The fraction of sp³-hybridized carbons (Fsp3) is 0.321. The lowest BCUT2D eigenvalue weighted by Gasteiger charge is -2.40. The van der Waals surface area contributed by atoms with Crippen molar-refractivity contribution in [3.8, 4) is 11.5 Å². The molecule has 2 aliphatic rings. The van der Waals surface area contributed by atoms with Crippen LogP contribution in [0.15, 0.2) is 60.7 Å². The molecule has 5 rings (SSSR count). The maximum absolute atomic E-state index is 13.1. The largest absolute Gasteiger partial charge is 0.456 e. The molecular formula is C28H29NO3. The van der Waals surface area contributed by atoms with E-state index in [1.54, 1.807) is 0 Å². The van der Waals surface area contributed by atoms with Gasteiger partial charge in [-0.25, -0.2) is 4.79 Å². The number of hydrogen-bond acceptors (Lipinski definition) is 4. The number of rotatable bonds is 5. The minimum absolute atomic E-state index is 0.292. The Kier molecular flexibility index (Phi) is 4.96. The molecule has 0 fully saturated rings. The Balaban J connectivity index is 1.82. The molecule has 1 unspecified atom stereocenters. The summed E-state index contributed by atoms with van der Waals surface area (Å²) in [6.07, 6.45) is 1.08. The first-order valence-electron chi connectivity index (χ1n) is 11.5. The van der Waals surface area contributed by atoms with E-state index in [4.69, 9.17) is 9.47 Å². The molecule has 0 bridgehead atoms. The molecule has 0 aliphatic carbocycles. The summed E-state index contributed by atoms with van der Waals surface area (Å²) in [7, 11) is 0. The van der Waals surface area contributed by atoms with Crippen molar-refractivity contribution in [3.05, 3.63) is 88.5 Å². The van der Waals surface area contributed by atoms with Crippen LogP contribution in [0, 0.1) is 12.8 Å². The Morgan fingerprint density at radius 2 is 1.69 bits per heavy atom. The molecule has 1 spiro atoms. The van der Waals surface area contributed by atoms with Crippen LogP contribution in [0.25, 0.3) is 0 Å². The number of aryl methyl sites for hydroxylation is 1. The van der Waals surface area contributed by atoms with Gasteiger partial charge in [-0.3, -0.25) is 0 Å². The topological polar surface area (TPSA) is 38.8 Å². The van der Waals surface area contributed by atoms with Gasteiger partial charge in [-0.15, -0.1) is 0 Å². The highest BCUT2D eigenvalue weighted by Crippen LogP contribution is 2.58. The van der Waals surface area contributed by atoms with E-state index >= 15 is 0 Å². The molecule has 0 saturated carbocycles. The van der Waals surface area contributed by atoms with Crippen molar-refractivity contribution < 1.29 is 14.3 Å². The molecule has 2 heterocycles. The summed E-state index contributed by atoms with van der Waals surface area (Å²) in [6.45, 7) is 10.5. The molecule has 0 radical (unpaired) electrons. The number of ether oxygens (including phenoxy) is 2. The van der Waals surface area contributed by atoms with Crippen LogP contribution in [0.3, 0.4) is 0 Å². The molecule has 0 saturated heterocycles. The summed E-state index contributed by atoms with van der Waals surface area (Å²) < 4.78 is 12.8. The highest BCUT2D eigenvalue weighted by atomic mass is 16.6. The average molecular weight is 428 g/mol. The zero-order valence-electron chi connectivity index (χ0n) is 19.1. The summed E-state index contributed by atoms with van der Waals surface area (Å²) in [5.41, 5.74) is 4.46. The van der Waals surface area contributed by atoms with Crippen LogP contribution in [0.5, 0.6) is 11.5 Å². The first kappa shape index (κ1) is 20.6. The van der Waals surface area contributed by atoms with E-state index in [9.17, 15) is 4.79 Å². The van der Waals surface area contributed by atoms with Crippen molar-refractivity contribution in [2.24, 2.45) is 5.92 Å². The minimum atomic E-state index is -1.02. The van der Waals surface area contributed by atoms with E-state index in [0.717, 1.165) is 59.0 Å². The normalized spacial score (nSPS) is 18.1. The van der Waals surface area contributed by atoms with Crippen molar-refractivity contribution in [2.45, 2.75) is 39.7 Å². The van der Waals surface area contributed by atoms with Gasteiger partial charge in [0.1, 0.15) is 11.5 Å². The maximum Gasteiger partial charge on any atom is 0.340 e. The van der Waals surface area contributed by atoms with Gasteiger partial charge in [0.25, 0.3) is 0 Å². The van der Waals surface area contributed by atoms with Gasteiger partial charge in [0.05, 0.1) is 11.1 Å². The number of carbonyl (C=O) groups excluding carboxylic acids is 1. The fourth-order valence-corrected chi connectivity index (χ4v) is 4.98. The molecule has 1 atom stereocenters. The third kappa shape index (κ3) is 3.01. The summed E-state index contributed by atoms with van der Waals surface area (Å²) in [4.78, 5) is 15.5. The molecule has 32 heavy (non-hydrogen) atoms. The monoisotopic (exact) mass is 427 g/mol. The number of para-hydroxylation sites is 1. The van der Waals surface area contributed by atoms with Gasteiger partial charge in [-0.1, -0.05) is 50.2 Å². The van der Waals surface area contributed by atoms with Crippen molar-refractivity contribution in [3.63, 3.8) is 0 Å². The molecule has 3 aromatic carbocycles. The zero-order chi connectivity index (χ0) is 22.5. The molecule has 4 nitrogen and oxygen atoms in total. The smallest absolute Gasteiger partial charge is 0.340 e. The molecule has 0 N–H and O–H groups in total. The Morgan fingerprint density at radius 3 is 2.44 bits per heavy atom. The van der Waals surface area contributed by atoms with E-state index in [2.05, 4.69) is 44.7 Å². The van der Waals surface area contributed by atoms with Crippen molar-refractivity contribution in [2.75, 3.05) is 18.0 Å². The number of nitrogens with zero attached hydrogens (tertiary/aromatic N) is 1. The molecule has 0 amide bonds. The minimum Gasteiger partial charge on any atom is -0.456 e. The van der Waals surface area contributed by atoms with Gasteiger partial charge in [0.15, 0.2) is 5.60 Å². The molecule has 3 aromatic rings. The second-order valence-electron chi connectivity index (χ2n) is 9.13. The maximum atomic E-state index is 13.1. The SMILES string of the molecule is CCN(CCC(C)C)c1cc(C)cc2c1C1(OC(=O)c3ccccc31)c1ccccc1O2. The van der Waals surface area contributed by atoms with Gasteiger partial charge >= 0.3 is 5.97 Å². The summed E-state index contributed by atoms with van der Waals surface area (Å²) in [6, 6.07) is 19.9. The molecule has 4 heteroatoms. The zero-order valence-corrected chi connectivity index (χ0v) is 19.1. The van der Waals surface area contributed by atoms with Gasteiger partial charge < -0.3 is 14.4 Å².